The molecule has 0 unspecified atom stereocenters. The molecule has 0 aliphatic carbocycles. The zero-order chi connectivity index (χ0) is 9.10. The molecular weight excluding hydrogens is 184 g/mol. The monoisotopic (exact) mass is 193 g/mol. The molecule has 1 aliphatic heterocycles. The average molecular weight is 193 g/mol. The number of hydrogen-bond acceptors (Lipinski definition) is 4. The van der Waals surface area contributed by atoms with Gasteiger partial charge in [0.2, 0.25) is 0 Å². The number of hydrogen-bond donors (Lipinski definition) is 0. The van der Waals surface area contributed by atoms with E-state index < -0.39 is 0 Å². The standard InChI is InChI=1S/C9H9N2OS/c1-13-9-10-11(7-12-9)8-5-3-2-4-6-8/h2-6H,1,7H2. The minimum absolute atomic E-state index is 0.474. The molecule has 0 saturated carbocycles. The van der Waals surface area contributed by atoms with Gasteiger partial charge in [0.15, 0.2) is 6.73 Å². The summed E-state index contributed by atoms with van der Waals surface area (Å²) in [5, 5.41) is 6.62. The second kappa shape index (κ2) is 3.70. The van der Waals surface area contributed by atoms with Gasteiger partial charge in [0.25, 0.3) is 5.23 Å². The highest BCUT2D eigenvalue weighted by molar-refractivity contribution is 8.14. The Morgan fingerprint density at radius 1 is 1.38 bits per heavy atom. The van der Waals surface area contributed by atoms with Gasteiger partial charge in [-0.3, -0.25) is 0 Å². The van der Waals surface area contributed by atoms with Crippen LogP contribution in [0.2, 0.25) is 0 Å². The van der Waals surface area contributed by atoms with Crippen LogP contribution in [0, 0.1) is 6.26 Å². The van der Waals surface area contributed by atoms with Crippen LogP contribution in [0.1, 0.15) is 0 Å². The number of thioether (sulfide) groups is 1. The molecule has 1 aromatic rings. The number of benzene rings is 1. The molecule has 0 atom stereocenters. The van der Waals surface area contributed by atoms with E-state index >= 15 is 0 Å². The Balaban J connectivity index is 2.16. The van der Waals surface area contributed by atoms with Crippen LogP contribution in [0.4, 0.5) is 5.69 Å². The predicted molar refractivity (Wildman–Crippen MR) is 55.3 cm³/mol. The van der Waals surface area contributed by atoms with Crippen molar-refractivity contribution in [2.24, 2.45) is 5.10 Å². The van der Waals surface area contributed by atoms with Crippen molar-refractivity contribution >= 4 is 22.7 Å². The fourth-order valence-electron chi connectivity index (χ4n) is 1.08. The van der Waals surface area contributed by atoms with E-state index in [1.54, 1.807) is 5.01 Å². The molecule has 1 aliphatic rings. The van der Waals surface area contributed by atoms with Gasteiger partial charge in [0.1, 0.15) is 0 Å². The smallest absolute Gasteiger partial charge is 0.269 e. The van der Waals surface area contributed by atoms with Crippen molar-refractivity contribution in [3.05, 3.63) is 36.6 Å². The lowest BCUT2D eigenvalue weighted by Crippen LogP contribution is -2.12. The van der Waals surface area contributed by atoms with E-state index in [0.717, 1.165) is 5.69 Å². The third kappa shape index (κ3) is 1.78. The van der Waals surface area contributed by atoms with E-state index in [0.29, 0.717) is 12.0 Å². The fraction of sp³-hybridized carbons (Fsp3) is 0.111. The molecule has 0 saturated heterocycles. The molecule has 0 fully saturated rings. The van der Waals surface area contributed by atoms with Gasteiger partial charge in [-0.25, -0.2) is 5.01 Å². The highest BCUT2D eigenvalue weighted by Crippen LogP contribution is 2.20. The minimum Gasteiger partial charge on any atom is -0.448 e. The summed E-state index contributed by atoms with van der Waals surface area (Å²) < 4.78 is 5.25. The van der Waals surface area contributed by atoms with Crippen LogP contribution in [0.3, 0.4) is 0 Å². The molecule has 3 nitrogen and oxygen atoms in total. The number of anilines is 1. The summed E-state index contributed by atoms with van der Waals surface area (Å²) in [4.78, 5) is 0. The highest BCUT2D eigenvalue weighted by Gasteiger charge is 2.15. The molecule has 1 aromatic carbocycles. The molecule has 4 heteroatoms. The summed E-state index contributed by atoms with van der Waals surface area (Å²) in [7, 11) is 0. The zero-order valence-electron chi connectivity index (χ0n) is 7.01. The van der Waals surface area contributed by atoms with Crippen molar-refractivity contribution in [2.45, 2.75) is 0 Å². The van der Waals surface area contributed by atoms with Gasteiger partial charge in [-0.15, -0.1) is 5.10 Å². The zero-order valence-corrected chi connectivity index (χ0v) is 7.83. The number of ether oxygens (including phenoxy) is 1. The highest BCUT2D eigenvalue weighted by atomic mass is 32.2. The first-order chi connectivity index (χ1) is 6.40. The Kier molecular flexibility index (Phi) is 2.40. The van der Waals surface area contributed by atoms with Gasteiger partial charge in [0.05, 0.1) is 5.69 Å². The van der Waals surface area contributed by atoms with Gasteiger partial charge in [-0.05, 0) is 12.1 Å². The molecule has 0 aromatic heterocycles. The van der Waals surface area contributed by atoms with Crippen molar-refractivity contribution in [3.63, 3.8) is 0 Å². The molecule has 0 spiro atoms. The van der Waals surface area contributed by atoms with E-state index in [-0.39, 0.29) is 0 Å². The molecule has 1 heterocycles. The summed E-state index contributed by atoms with van der Waals surface area (Å²) >= 11 is 1.27. The van der Waals surface area contributed by atoms with Crippen LogP contribution in [0.25, 0.3) is 0 Å². The van der Waals surface area contributed by atoms with Crippen LogP contribution in [0.5, 0.6) is 0 Å². The molecule has 2 rings (SSSR count). The maximum atomic E-state index is 5.25. The maximum Gasteiger partial charge on any atom is 0.269 e. The van der Waals surface area contributed by atoms with Crippen LogP contribution >= 0.6 is 11.8 Å². The summed E-state index contributed by atoms with van der Waals surface area (Å²) in [5.74, 6) is 0. The third-order valence-electron chi connectivity index (χ3n) is 1.69. The molecule has 13 heavy (non-hydrogen) atoms. The summed E-state index contributed by atoms with van der Waals surface area (Å²) in [6, 6.07) is 9.90. The molecule has 0 bridgehead atoms. The van der Waals surface area contributed by atoms with Crippen molar-refractivity contribution < 1.29 is 4.74 Å². The first kappa shape index (κ1) is 8.44. The van der Waals surface area contributed by atoms with E-state index in [2.05, 4.69) is 11.4 Å². The maximum absolute atomic E-state index is 5.25. The Morgan fingerprint density at radius 2 is 2.15 bits per heavy atom. The lowest BCUT2D eigenvalue weighted by Gasteiger charge is -2.09. The van der Waals surface area contributed by atoms with Gasteiger partial charge in [0, 0.05) is 6.26 Å². The van der Waals surface area contributed by atoms with Crippen LogP contribution in [-0.4, -0.2) is 12.0 Å². The average Bonchev–Trinajstić information content (AvgIpc) is 2.67. The van der Waals surface area contributed by atoms with Crippen LogP contribution in [-0.2, 0) is 4.74 Å². The van der Waals surface area contributed by atoms with Crippen LogP contribution < -0.4 is 5.01 Å². The Labute approximate surface area is 81.4 Å². The number of rotatable bonds is 1. The molecule has 0 N–H and O–H groups in total. The lowest BCUT2D eigenvalue weighted by molar-refractivity contribution is 0.346. The SMILES string of the molecule is [CH2]SC1=NN(c2ccccc2)CO1. The van der Waals surface area contributed by atoms with Crippen molar-refractivity contribution in [2.75, 3.05) is 11.7 Å². The Hall–Kier alpha value is -1.16. The molecule has 0 amide bonds. The third-order valence-corrected chi connectivity index (χ3v) is 2.14. The number of hydrazone groups is 1. The summed E-state index contributed by atoms with van der Waals surface area (Å²) in [5.41, 5.74) is 1.03. The summed E-state index contributed by atoms with van der Waals surface area (Å²) in [6.45, 7) is 0.474. The van der Waals surface area contributed by atoms with E-state index in [9.17, 15) is 0 Å². The first-order valence-corrected chi connectivity index (χ1v) is 4.85. The van der Waals surface area contributed by atoms with Gasteiger partial charge in [-0.1, -0.05) is 30.0 Å². The summed E-state index contributed by atoms with van der Waals surface area (Å²) in [6.07, 6.45) is 3.63. The normalized spacial score (nSPS) is 15.5. The molecule has 1 radical (unpaired) electrons. The number of para-hydroxylation sites is 1. The Bertz CT molecular complexity index is 313. The van der Waals surface area contributed by atoms with Crippen molar-refractivity contribution in [1.82, 2.24) is 0 Å². The van der Waals surface area contributed by atoms with Crippen LogP contribution in [0.15, 0.2) is 35.4 Å². The van der Waals surface area contributed by atoms with E-state index in [1.165, 1.54) is 11.8 Å². The Morgan fingerprint density at radius 3 is 2.77 bits per heavy atom. The predicted octanol–water partition coefficient (Wildman–Crippen LogP) is 2.28. The minimum atomic E-state index is 0.474. The van der Waals surface area contributed by atoms with E-state index in [4.69, 9.17) is 4.74 Å². The largest absolute Gasteiger partial charge is 0.448 e. The molecular formula is C9H9N2OS. The fourth-order valence-corrected chi connectivity index (χ4v) is 1.37. The second-order valence-electron chi connectivity index (χ2n) is 2.52. The van der Waals surface area contributed by atoms with Gasteiger partial charge in [-0.2, -0.15) is 0 Å². The van der Waals surface area contributed by atoms with Crippen molar-refractivity contribution in [1.29, 1.82) is 0 Å². The number of nitrogens with zero attached hydrogens (tertiary/aromatic N) is 2. The van der Waals surface area contributed by atoms with Gasteiger partial charge >= 0.3 is 0 Å². The second-order valence-corrected chi connectivity index (χ2v) is 3.16. The van der Waals surface area contributed by atoms with E-state index in [1.807, 2.05) is 30.3 Å². The quantitative estimate of drug-likeness (QED) is 0.684. The molecule has 67 valence electrons. The lowest BCUT2D eigenvalue weighted by atomic mass is 10.3. The van der Waals surface area contributed by atoms with Gasteiger partial charge < -0.3 is 4.74 Å². The van der Waals surface area contributed by atoms with Crippen molar-refractivity contribution in [3.8, 4) is 0 Å². The topological polar surface area (TPSA) is 24.8 Å². The first-order valence-electron chi connectivity index (χ1n) is 3.86.